The number of ether oxygens (including phenoxy) is 1. The van der Waals surface area contributed by atoms with Crippen molar-refractivity contribution in [2.45, 2.75) is 49.2 Å². The van der Waals surface area contributed by atoms with Gasteiger partial charge in [-0.3, -0.25) is 4.79 Å². The van der Waals surface area contributed by atoms with Gasteiger partial charge < -0.3 is 4.74 Å². The average molecular weight is 477 g/mol. The molecule has 2 aromatic carbocycles. The Balaban J connectivity index is 1.75. The van der Waals surface area contributed by atoms with E-state index in [1.807, 2.05) is 39.0 Å². The highest BCUT2D eigenvalue weighted by Gasteiger charge is 2.43. The summed E-state index contributed by atoms with van der Waals surface area (Å²) in [5.74, 6) is -0.157. The predicted octanol–water partition coefficient (Wildman–Crippen LogP) is 5.24. The molecule has 0 N–H and O–H groups in total. The van der Waals surface area contributed by atoms with Gasteiger partial charge >= 0.3 is 6.09 Å². The summed E-state index contributed by atoms with van der Waals surface area (Å²) in [6.07, 6.45) is 0.746. The fraction of sp³-hybridized carbons (Fsp3) is 0.364. The number of hydrogen-bond acceptors (Lipinski definition) is 3. The van der Waals surface area contributed by atoms with Crippen LogP contribution in [-0.2, 0) is 16.0 Å². The molecule has 4 nitrogen and oxygen atoms in total. The topological polar surface area (TPSA) is 46.6 Å². The molecule has 0 radical (unpaired) electrons. The van der Waals surface area contributed by atoms with E-state index in [9.17, 15) is 9.59 Å². The lowest BCUT2D eigenvalue weighted by Gasteiger charge is -2.27. The molecule has 2 unspecified atom stereocenters. The zero-order valence-corrected chi connectivity index (χ0v) is 18.0. The first-order valence-electron chi connectivity index (χ1n) is 9.09. The van der Waals surface area contributed by atoms with Gasteiger partial charge in [-0.2, -0.15) is 0 Å². The van der Waals surface area contributed by atoms with Crippen molar-refractivity contribution in [2.75, 3.05) is 0 Å². The van der Waals surface area contributed by atoms with E-state index in [1.54, 1.807) is 0 Å². The first-order valence-corrected chi connectivity index (χ1v) is 10.3. The molecule has 2 aromatic rings. The molecular weight excluding hydrogens is 453 g/mol. The minimum absolute atomic E-state index is 0.157. The molecule has 2 atom stereocenters. The highest BCUT2D eigenvalue weighted by Crippen LogP contribution is 2.30. The Hall–Kier alpha value is -1.89. The molecule has 0 spiro atoms. The molecule has 0 aliphatic carbocycles. The monoisotopic (exact) mass is 477 g/mol. The molecule has 3 rings (SSSR count). The lowest BCUT2D eigenvalue weighted by molar-refractivity contribution is -0.127. The van der Waals surface area contributed by atoms with Gasteiger partial charge in [0, 0.05) is 6.04 Å². The quantitative estimate of drug-likeness (QED) is 0.449. The van der Waals surface area contributed by atoms with Crippen LogP contribution in [0.15, 0.2) is 54.6 Å². The number of hydrogen-bond donors (Lipinski definition) is 0. The van der Waals surface area contributed by atoms with Gasteiger partial charge in [0.1, 0.15) is 5.60 Å². The number of halogens is 1. The molecule has 1 saturated heterocycles. The molecule has 27 heavy (non-hydrogen) atoms. The molecule has 1 fully saturated rings. The van der Waals surface area contributed by atoms with Crippen LogP contribution in [0, 0.1) is 0 Å². The van der Waals surface area contributed by atoms with Crippen molar-refractivity contribution in [1.82, 2.24) is 4.90 Å². The third kappa shape index (κ3) is 4.89. The van der Waals surface area contributed by atoms with Crippen molar-refractivity contribution in [3.8, 4) is 11.1 Å². The second-order valence-corrected chi connectivity index (χ2v) is 9.32. The van der Waals surface area contributed by atoms with Gasteiger partial charge in [-0.15, -0.1) is 0 Å². The van der Waals surface area contributed by atoms with Crippen LogP contribution in [-0.4, -0.2) is 32.5 Å². The molecule has 0 bridgehead atoms. The Bertz CT molecular complexity index is 812. The minimum atomic E-state index is -0.622. The third-order valence-electron chi connectivity index (χ3n) is 4.47. The van der Waals surface area contributed by atoms with Crippen molar-refractivity contribution in [2.24, 2.45) is 0 Å². The number of carbonyl (C=O) groups excluding carboxylic acids is 2. The number of amides is 2. The lowest BCUT2D eigenvalue weighted by atomic mass is 10.00. The summed E-state index contributed by atoms with van der Waals surface area (Å²) in [6, 6.07) is 18.3. The zero-order valence-electron chi connectivity index (χ0n) is 15.8. The molecular formula is C22H24INO3. The maximum atomic E-state index is 12.5. The van der Waals surface area contributed by atoms with E-state index in [-0.39, 0.29) is 15.9 Å². The zero-order chi connectivity index (χ0) is 19.6. The van der Waals surface area contributed by atoms with E-state index in [0.717, 1.165) is 11.1 Å². The van der Waals surface area contributed by atoms with Gasteiger partial charge in [-0.25, -0.2) is 9.69 Å². The number of nitrogens with zero attached hydrogens (tertiary/aromatic N) is 1. The summed E-state index contributed by atoms with van der Waals surface area (Å²) >= 11 is 2.12. The van der Waals surface area contributed by atoms with Crippen LogP contribution in [0.3, 0.4) is 0 Å². The summed E-state index contributed by atoms with van der Waals surface area (Å²) in [5.41, 5.74) is 2.80. The Morgan fingerprint density at radius 1 is 1.07 bits per heavy atom. The number of imide groups is 1. The number of likely N-dealkylation sites (tertiary alicyclic amines) is 1. The number of alkyl halides is 1. The second-order valence-electron chi connectivity index (χ2n) is 7.81. The van der Waals surface area contributed by atoms with Crippen molar-refractivity contribution in [3.05, 3.63) is 60.2 Å². The Labute approximate surface area is 174 Å². The van der Waals surface area contributed by atoms with E-state index >= 15 is 0 Å². The largest absolute Gasteiger partial charge is 0.443 e. The smallest absolute Gasteiger partial charge is 0.417 e. The highest BCUT2D eigenvalue weighted by molar-refractivity contribution is 14.1. The fourth-order valence-electron chi connectivity index (χ4n) is 3.24. The lowest BCUT2D eigenvalue weighted by Crippen LogP contribution is -2.43. The number of rotatable bonds is 3. The minimum Gasteiger partial charge on any atom is -0.443 e. The predicted molar refractivity (Wildman–Crippen MR) is 115 cm³/mol. The Kier molecular flexibility index (Phi) is 5.89. The van der Waals surface area contributed by atoms with Gasteiger partial charge in [0.25, 0.3) is 0 Å². The van der Waals surface area contributed by atoms with Crippen LogP contribution in [0.2, 0.25) is 0 Å². The number of benzene rings is 2. The average Bonchev–Trinajstić information content (AvgIpc) is 2.89. The number of carbonyl (C=O) groups is 2. The van der Waals surface area contributed by atoms with E-state index in [1.165, 1.54) is 10.5 Å². The van der Waals surface area contributed by atoms with Crippen LogP contribution < -0.4 is 0 Å². The van der Waals surface area contributed by atoms with Gasteiger partial charge in [0.15, 0.2) is 0 Å². The van der Waals surface area contributed by atoms with Crippen molar-refractivity contribution >= 4 is 34.6 Å². The van der Waals surface area contributed by atoms with Crippen molar-refractivity contribution < 1.29 is 14.3 Å². The molecule has 5 heteroatoms. The summed E-state index contributed by atoms with van der Waals surface area (Å²) < 4.78 is 5.26. The van der Waals surface area contributed by atoms with E-state index in [4.69, 9.17) is 4.74 Å². The molecule has 142 valence electrons. The summed E-state index contributed by atoms with van der Waals surface area (Å²) in [5, 5.41) is 0. The van der Waals surface area contributed by atoms with Gasteiger partial charge in [-0.1, -0.05) is 77.2 Å². The fourth-order valence-corrected chi connectivity index (χ4v) is 4.12. The van der Waals surface area contributed by atoms with Gasteiger partial charge in [0.2, 0.25) is 5.91 Å². The SMILES string of the molecule is CC(C)(C)OC(=O)N1C(=O)C(I)CC1Cc1ccc(-c2ccccc2)cc1. The molecule has 1 heterocycles. The summed E-state index contributed by atoms with van der Waals surface area (Å²) in [7, 11) is 0. The van der Waals surface area contributed by atoms with Gasteiger partial charge in [-0.05, 0) is 50.3 Å². The highest BCUT2D eigenvalue weighted by atomic mass is 127. The van der Waals surface area contributed by atoms with E-state index in [2.05, 4.69) is 59.0 Å². The Morgan fingerprint density at radius 3 is 2.26 bits per heavy atom. The van der Waals surface area contributed by atoms with E-state index in [0.29, 0.717) is 12.8 Å². The molecule has 0 saturated carbocycles. The summed E-state index contributed by atoms with van der Waals surface area (Å²) in [6.45, 7) is 5.43. The van der Waals surface area contributed by atoms with Crippen LogP contribution in [0.1, 0.15) is 32.8 Å². The van der Waals surface area contributed by atoms with Crippen molar-refractivity contribution in [1.29, 1.82) is 0 Å². The van der Waals surface area contributed by atoms with Crippen LogP contribution in [0.4, 0.5) is 4.79 Å². The van der Waals surface area contributed by atoms with Crippen LogP contribution in [0.25, 0.3) is 11.1 Å². The molecule has 2 amide bonds. The van der Waals surface area contributed by atoms with Crippen LogP contribution in [0.5, 0.6) is 0 Å². The van der Waals surface area contributed by atoms with Crippen LogP contribution >= 0.6 is 22.6 Å². The first kappa shape index (κ1) is 19.9. The van der Waals surface area contributed by atoms with Crippen molar-refractivity contribution in [3.63, 3.8) is 0 Å². The first-order chi connectivity index (χ1) is 12.7. The standard InChI is InChI=1S/C22H24INO3/c1-22(2,3)27-21(26)24-18(14-19(23)20(24)25)13-15-9-11-17(12-10-15)16-7-5-4-6-8-16/h4-12,18-19H,13-14H2,1-3H3. The Morgan fingerprint density at radius 2 is 1.67 bits per heavy atom. The summed E-state index contributed by atoms with van der Waals surface area (Å²) in [4.78, 5) is 26.3. The third-order valence-corrected chi connectivity index (χ3v) is 5.51. The second kappa shape index (κ2) is 8.00. The maximum Gasteiger partial charge on any atom is 0.417 e. The normalized spacial score (nSPS) is 20.0. The molecule has 1 aliphatic rings. The molecule has 1 aliphatic heterocycles. The maximum absolute atomic E-state index is 12.5. The van der Waals surface area contributed by atoms with Gasteiger partial charge in [0.05, 0.1) is 3.92 Å². The van der Waals surface area contributed by atoms with E-state index < -0.39 is 11.7 Å². The molecule has 0 aromatic heterocycles.